The first kappa shape index (κ1) is 22.3. The molecule has 0 radical (unpaired) electrons. The standard InChI is InChI=1S/C21H21F3N2O2S2/c1-4-12-8-13(21(22,23)24)10-14(19(27)28)15(9-12)25-20-26-17(11(2)3)18(30-20)16-6-5-7-29-16/h5-12H,4H2,1-3H3,(H,25,26)(H,27,28). The number of rotatable bonds is 6. The Morgan fingerprint density at radius 1 is 1.33 bits per heavy atom. The van der Waals surface area contributed by atoms with E-state index in [0.29, 0.717) is 17.6 Å². The lowest BCUT2D eigenvalue weighted by Crippen LogP contribution is -2.14. The van der Waals surface area contributed by atoms with Crippen LogP contribution in [0.2, 0.25) is 0 Å². The van der Waals surface area contributed by atoms with Gasteiger partial charge in [-0.25, -0.2) is 9.78 Å². The quantitative estimate of drug-likeness (QED) is 0.502. The summed E-state index contributed by atoms with van der Waals surface area (Å²) in [4.78, 5) is 18.4. The van der Waals surface area contributed by atoms with Crippen molar-refractivity contribution in [1.29, 1.82) is 0 Å². The number of alkyl halides is 3. The zero-order valence-electron chi connectivity index (χ0n) is 16.6. The number of hydrogen-bond donors (Lipinski definition) is 2. The average Bonchev–Trinajstić information content (AvgIpc) is 3.27. The minimum atomic E-state index is -4.63. The van der Waals surface area contributed by atoms with Crippen molar-refractivity contribution in [1.82, 2.24) is 4.98 Å². The van der Waals surface area contributed by atoms with Crippen LogP contribution < -0.4 is 5.32 Å². The predicted molar refractivity (Wildman–Crippen MR) is 115 cm³/mol. The van der Waals surface area contributed by atoms with Gasteiger partial charge in [0, 0.05) is 4.88 Å². The molecule has 2 aromatic rings. The van der Waals surface area contributed by atoms with Gasteiger partial charge in [-0.1, -0.05) is 50.3 Å². The fraction of sp³-hybridized carbons (Fsp3) is 0.333. The number of carboxylic acids is 1. The monoisotopic (exact) mass is 454 g/mol. The summed E-state index contributed by atoms with van der Waals surface area (Å²) in [6.45, 7) is 5.77. The zero-order valence-corrected chi connectivity index (χ0v) is 18.2. The molecule has 3 rings (SSSR count). The van der Waals surface area contributed by atoms with Gasteiger partial charge in [0.05, 0.1) is 27.4 Å². The van der Waals surface area contributed by atoms with Gasteiger partial charge in [0.1, 0.15) is 0 Å². The fourth-order valence-corrected chi connectivity index (χ4v) is 5.03. The van der Waals surface area contributed by atoms with Crippen molar-refractivity contribution >= 4 is 33.8 Å². The summed E-state index contributed by atoms with van der Waals surface area (Å²) in [5.74, 6) is -1.85. The van der Waals surface area contributed by atoms with Gasteiger partial charge in [0.2, 0.25) is 0 Å². The van der Waals surface area contributed by atoms with Gasteiger partial charge in [-0.05, 0) is 35.8 Å². The van der Waals surface area contributed by atoms with Crippen LogP contribution in [0.5, 0.6) is 0 Å². The first-order valence-corrected chi connectivity index (χ1v) is 11.1. The highest BCUT2D eigenvalue weighted by molar-refractivity contribution is 7.23. The van der Waals surface area contributed by atoms with Crippen LogP contribution in [0.25, 0.3) is 9.75 Å². The maximum Gasteiger partial charge on any atom is 0.416 e. The van der Waals surface area contributed by atoms with Crippen molar-refractivity contribution in [2.45, 2.75) is 39.3 Å². The third kappa shape index (κ3) is 4.84. The molecule has 0 bridgehead atoms. The van der Waals surface area contributed by atoms with Crippen molar-refractivity contribution in [3.8, 4) is 9.75 Å². The Morgan fingerprint density at radius 2 is 2.07 bits per heavy atom. The molecule has 0 saturated carbocycles. The molecule has 0 aliphatic heterocycles. The molecule has 1 atom stereocenters. The molecule has 0 saturated heterocycles. The second-order valence-corrected chi connectivity index (χ2v) is 9.07. The van der Waals surface area contributed by atoms with Gasteiger partial charge >= 0.3 is 12.1 Å². The summed E-state index contributed by atoms with van der Waals surface area (Å²) in [5, 5.41) is 15.0. The van der Waals surface area contributed by atoms with Crippen molar-refractivity contribution in [2.75, 3.05) is 5.32 Å². The molecule has 2 aromatic heterocycles. The molecular formula is C21H21F3N2O2S2. The van der Waals surface area contributed by atoms with E-state index in [9.17, 15) is 23.1 Å². The number of aromatic nitrogens is 1. The second kappa shape index (κ2) is 8.77. The van der Waals surface area contributed by atoms with Gasteiger partial charge < -0.3 is 10.4 Å². The van der Waals surface area contributed by atoms with Crippen LogP contribution in [0.4, 0.5) is 18.3 Å². The van der Waals surface area contributed by atoms with Gasteiger partial charge in [0.25, 0.3) is 0 Å². The molecule has 9 heteroatoms. The van der Waals surface area contributed by atoms with Crippen molar-refractivity contribution in [2.24, 2.45) is 5.92 Å². The van der Waals surface area contributed by atoms with Gasteiger partial charge in [-0.2, -0.15) is 13.2 Å². The molecule has 2 N–H and O–H groups in total. The van der Waals surface area contributed by atoms with Crippen molar-refractivity contribution in [3.05, 3.63) is 58.3 Å². The van der Waals surface area contributed by atoms with Crippen LogP contribution in [-0.2, 0) is 4.79 Å². The normalized spacial score (nSPS) is 17.3. The van der Waals surface area contributed by atoms with Crippen molar-refractivity contribution < 1.29 is 23.1 Å². The zero-order chi connectivity index (χ0) is 22.1. The Kier molecular flexibility index (Phi) is 6.52. The van der Waals surface area contributed by atoms with Crippen LogP contribution in [-0.4, -0.2) is 22.2 Å². The number of thiophene rings is 1. The van der Waals surface area contributed by atoms with E-state index in [2.05, 4.69) is 10.3 Å². The molecule has 160 valence electrons. The Balaban J connectivity index is 2.03. The maximum absolute atomic E-state index is 13.4. The minimum Gasteiger partial charge on any atom is -0.478 e. The van der Waals surface area contributed by atoms with Crippen molar-refractivity contribution in [3.63, 3.8) is 0 Å². The van der Waals surface area contributed by atoms with E-state index in [0.717, 1.165) is 21.5 Å². The average molecular weight is 455 g/mol. The molecule has 0 spiro atoms. The highest BCUT2D eigenvalue weighted by Crippen LogP contribution is 2.40. The highest BCUT2D eigenvalue weighted by Gasteiger charge is 2.35. The highest BCUT2D eigenvalue weighted by atomic mass is 32.1. The van der Waals surface area contributed by atoms with E-state index in [1.54, 1.807) is 18.3 Å². The molecule has 0 aromatic carbocycles. The number of carboxylic acid groups (broad SMARTS) is 1. The van der Waals surface area contributed by atoms with Crippen LogP contribution in [0, 0.1) is 5.92 Å². The Bertz CT molecular complexity index is 1020. The summed E-state index contributed by atoms with van der Waals surface area (Å²) in [6, 6.07) is 3.92. The van der Waals surface area contributed by atoms with Gasteiger partial charge in [-0.3, -0.25) is 0 Å². The first-order chi connectivity index (χ1) is 14.1. The van der Waals surface area contributed by atoms with Crippen LogP contribution in [0.3, 0.4) is 0 Å². The van der Waals surface area contributed by atoms with E-state index in [4.69, 9.17) is 0 Å². The Hall–Kier alpha value is -2.39. The summed E-state index contributed by atoms with van der Waals surface area (Å²) in [6.07, 6.45) is -0.944. The van der Waals surface area contributed by atoms with E-state index in [1.807, 2.05) is 31.4 Å². The number of carbonyl (C=O) groups is 1. The number of nitrogens with zero attached hydrogens (tertiary/aromatic N) is 1. The smallest absolute Gasteiger partial charge is 0.416 e. The number of aliphatic carboxylic acids is 1. The molecule has 1 unspecified atom stereocenters. The topological polar surface area (TPSA) is 62.2 Å². The molecule has 0 fully saturated rings. The maximum atomic E-state index is 13.4. The second-order valence-electron chi connectivity index (χ2n) is 7.13. The summed E-state index contributed by atoms with van der Waals surface area (Å²) in [5.41, 5.74) is -0.414. The molecule has 1 aliphatic rings. The predicted octanol–water partition coefficient (Wildman–Crippen LogP) is 6.83. The summed E-state index contributed by atoms with van der Waals surface area (Å²) < 4.78 is 40.1. The largest absolute Gasteiger partial charge is 0.478 e. The number of halogens is 3. The molecular weight excluding hydrogens is 433 g/mol. The third-order valence-electron chi connectivity index (χ3n) is 4.58. The number of thiazole rings is 1. The molecule has 1 aliphatic carbocycles. The lowest BCUT2D eigenvalue weighted by molar-refractivity contribution is -0.132. The van der Waals surface area contributed by atoms with Gasteiger partial charge in [0.15, 0.2) is 5.13 Å². The molecule has 0 amide bonds. The van der Waals surface area contributed by atoms with E-state index >= 15 is 0 Å². The number of nitrogens with one attached hydrogen (secondary N) is 1. The van der Waals surface area contributed by atoms with Crippen LogP contribution >= 0.6 is 22.7 Å². The Labute approximate surface area is 180 Å². The van der Waals surface area contributed by atoms with Crippen LogP contribution in [0.1, 0.15) is 38.8 Å². The Morgan fingerprint density at radius 3 is 2.60 bits per heavy atom. The lowest BCUT2D eigenvalue weighted by Gasteiger charge is -2.11. The third-order valence-corrected chi connectivity index (χ3v) is 6.62. The lowest BCUT2D eigenvalue weighted by atomic mass is 10.0. The molecule has 30 heavy (non-hydrogen) atoms. The fourth-order valence-electron chi connectivity index (χ4n) is 3.04. The number of allylic oxidation sites excluding steroid dienone is 4. The number of anilines is 1. The SMILES string of the molecule is CCC1C=C(Nc2nc(C(C)C)c(-c3cccs3)s2)C(C(=O)O)=CC(C(F)(F)F)=C1. The molecule has 4 nitrogen and oxygen atoms in total. The summed E-state index contributed by atoms with van der Waals surface area (Å²) >= 11 is 2.93. The first-order valence-electron chi connectivity index (χ1n) is 9.38. The molecule has 2 heterocycles. The summed E-state index contributed by atoms with van der Waals surface area (Å²) in [7, 11) is 0. The number of hydrogen-bond acceptors (Lipinski definition) is 5. The van der Waals surface area contributed by atoms with E-state index < -0.39 is 29.2 Å². The minimum absolute atomic E-state index is 0.117. The van der Waals surface area contributed by atoms with E-state index in [-0.39, 0.29) is 11.6 Å². The van der Waals surface area contributed by atoms with Gasteiger partial charge in [-0.15, -0.1) is 11.3 Å². The van der Waals surface area contributed by atoms with E-state index in [1.165, 1.54) is 17.4 Å². The van der Waals surface area contributed by atoms with Crippen LogP contribution in [0.15, 0.2) is 52.6 Å².